The molecule has 0 atom stereocenters. The number of amides is 1. The van der Waals surface area contributed by atoms with E-state index in [-0.39, 0.29) is 5.91 Å². The summed E-state index contributed by atoms with van der Waals surface area (Å²) in [6.07, 6.45) is 2.76. The SMILES string of the molecule is Cc1cc(C2CCN(c3cccc4c3CC(=O)N4)CC2)ccc1Cl. The molecular weight excluding hydrogens is 320 g/mol. The first-order valence-electron chi connectivity index (χ1n) is 8.54. The highest BCUT2D eigenvalue weighted by molar-refractivity contribution is 6.31. The number of piperidine rings is 1. The Bertz CT molecular complexity index is 794. The Labute approximate surface area is 147 Å². The van der Waals surface area contributed by atoms with Gasteiger partial charge in [-0.25, -0.2) is 0 Å². The Hall–Kier alpha value is -2.00. The summed E-state index contributed by atoms with van der Waals surface area (Å²) in [5, 5.41) is 3.79. The molecule has 1 N–H and O–H groups in total. The van der Waals surface area contributed by atoms with Gasteiger partial charge in [0.1, 0.15) is 0 Å². The van der Waals surface area contributed by atoms with E-state index in [1.807, 2.05) is 18.2 Å². The largest absolute Gasteiger partial charge is 0.371 e. The lowest BCUT2D eigenvalue weighted by atomic mass is 9.88. The zero-order valence-electron chi connectivity index (χ0n) is 13.8. The monoisotopic (exact) mass is 340 g/mol. The lowest BCUT2D eigenvalue weighted by molar-refractivity contribution is -0.115. The van der Waals surface area contributed by atoms with Crippen LogP contribution in [-0.2, 0) is 11.2 Å². The number of nitrogens with zero attached hydrogens (tertiary/aromatic N) is 1. The fourth-order valence-corrected chi connectivity index (χ4v) is 4.02. The molecule has 2 aromatic rings. The Morgan fingerprint density at radius 2 is 1.96 bits per heavy atom. The first-order chi connectivity index (χ1) is 11.6. The van der Waals surface area contributed by atoms with E-state index in [0.29, 0.717) is 12.3 Å². The Morgan fingerprint density at radius 1 is 1.17 bits per heavy atom. The van der Waals surface area contributed by atoms with Crippen molar-refractivity contribution in [1.29, 1.82) is 0 Å². The maximum absolute atomic E-state index is 11.7. The maximum atomic E-state index is 11.7. The molecule has 0 saturated carbocycles. The number of benzene rings is 2. The van der Waals surface area contributed by atoms with Crippen molar-refractivity contribution in [3.05, 3.63) is 58.1 Å². The van der Waals surface area contributed by atoms with Crippen LogP contribution in [0.4, 0.5) is 11.4 Å². The van der Waals surface area contributed by atoms with Crippen molar-refractivity contribution in [3.8, 4) is 0 Å². The molecule has 0 spiro atoms. The first kappa shape index (κ1) is 15.5. The molecule has 3 nitrogen and oxygen atoms in total. The molecule has 0 radical (unpaired) electrons. The smallest absolute Gasteiger partial charge is 0.228 e. The molecule has 2 aliphatic heterocycles. The molecule has 0 aliphatic carbocycles. The number of halogens is 1. The highest BCUT2D eigenvalue weighted by atomic mass is 35.5. The van der Waals surface area contributed by atoms with Crippen LogP contribution in [0.25, 0.3) is 0 Å². The van der Waals surface area contributed by atoms with Crippen LogP contribution in [0.5, 0.6) is 0 Å². The summed E-state index contributed by atoms with van der Waals surface area (Å²) in [7, 11) is 0. The van der Waals surface area contributed by atoms with Gasteiger partial charge in [0, 0.05) is 35.1 Å². The molecule has 24 heavy (non-hydrogen) atoms. The topological polar surface area (TPSA) is 32.3 Å². The predicted molar refractivity (Wildman–Crippen MR) is 99.2 cm³/mol. The van der Waals surface area contributed by atoms with Crippen LogP contribution < -0.4 is 10.2 Å². The van der Waals surface area contributed by atoms with Gasteiger partial charge in [-0.15, -0.1) is 0 Å². The number of anilines is 2. The summed E-state index contributed by atoms with van der Waals surface area (Å²) in [5.74, 6) is 0.692. The van der Waals surface area contributed by atoms with Crippen LogP contribution in [0.15, 0.2) is 36.4 Å². The van der Waals surface area contributed by atoms with Crippen LogP contribution in [0, 0.1) is 6.92 Å². The average molecular weight is 341 g/mol. The Balaban J connectivity index is 1.50. The van der Waals surface area contributed by atoms with Crippen molar-refractivity contribution in [2.45, 2.75) is 32.1 Å². The molecule has 2 heterocycles. The molecule has 0 bridgehead atoms. The first-order valence-corrected chi connectivity index (χ1v) is 8.92. The average Bonchev–Trinajstić information content (AvgIpc) is 2.97. The fourth-order valence-electron chi connectivity index (χ4n) is 3.90. The second-order valence-corrected chi connectivity index (χ2v) is 7.21. The molecule has 2 aliphatic rings. The number of carbonyl (C=O) groups is 1. The third kappa shape index (κ3) is 2.78. The van der Waals surface area contributed by atoms with E-state index in [2.05, 4.69) is 35.3 Å². The number of hydrogen-bond donors (Lipinski definition) is 1. The zero-order valence-corrected chi connectivity index (χ0v) is 14.6. The van der Waals surface area contributed by atoms with Gasteiger partial charge in [-0.1, -0.05) is 29.8 Å². The molecule has 1 saturated heterocycles. The van der Waals surface area contributed by atoms with Gasteiger partial charge in [-0.05, 0) is 55.0 Å². The van der Waals surface area contributed by atoms with Crippen molar-refractivity contribution in [3.63, 3.8) is 0 Å². The molecule has 2 aromatic carbocycles. The number of hydrogen-bond acceptors (Lipinski definition) is 2. The van der Waals surface area contributed by atoms with E-state index in [1.165, 1.54) is 11.3 Å². The van der Waals surface area contributed by atoms with Crippen LogP contribution in [0.3, 0.4) is 0 Å². The van der Waals surface area contributed by atoms with Crippen molar-refractivity contribution in [2.24, 2.45) is 0 Å². The molecule has 4 rings (SSSR count). The Morgan fingerprint density at radius 3 is 2.71 bits per heavy atom. The van der Waals surface area contributed by atoms with Gasteiger partial charge in [-0.3, -0.25) is 4.79 Å². The van der Waals surface area contributed by atoms with Crippen molar-refractivity contribution >= 4 is 28.9 Å². The Kier molecular flexibility index (Phi) is 3.97. The summed E-state index contributed by atoms with van der Waals surface area (Å²) in [4.78, 5) is 14.1. The number of carbonyl (C=O) groups excluding carboxylic acids is 1. The van der Waals surface area contributed by atoms with Crippen LogP contribution in [0.1, 0.15) is 35.4 Å². The molecule has 1 fully saturated rings. The lowest BCUT2D eigenvalue weighted by Gasteiger charge is -2.35. The number of fused-ring (bicyclic) bond motifs is 1. The van der Waals surface area contributed by atoms with Crippen LogP contribution in [0.2, 0.25) is 5.02 Å². The van der Waals surface area contributed by atoms with Crippen molar-refractivity contribution in [2.75, 3.05) is 23.3 Å². The standard InChI is InChI=1S/C20H21ClN2O/c1-13-11-15(5-6-17(13)21)14-7-9-23(10-8-14)19-4-2-3-18-16(19)12-20(24)22-18/h2-6,11,14H,7-10,12H2,1H3,(H,22,24). The minimum atomic E-state index is 0.101. The molecule has 0 unspecified atom stereocenters. The van der Waals surface area contributed by atoms with Gasteiger partial charge >= 0.3 is 0 Å². The third-order valence-corrected chi connectivity index (χ3v) is 5.68. The van der Waals surface area contributed by atoms with E-state index in [1.54, 1.807) is 0 Å². The molecule has 0 aromatic heterocycles. The summed E-state index contributed by atoms with van der Waals surface area (Å²) >= 11 is 6.15. The van der Waals surface area contributed by atoms with Gasteiger partial charge < -0.3 is 10.2 Å². The number of rotatable bonds is 2. The lowest BCUT2D eigenvalue weighted by Crippen LogP contribution is -2.33. The van der Waals surface area contributed by atoms with Gasteiger partial charge in [0.15, 0.2) is 0 Å². The van der Waals surface area contributed by atoms with Gasteiger partial charge in [-0.2, -0.15) is 0 Å². The van der Waals surface area contributed by atoms with Crippen molar-refractivity contribution < 1.29 is 4.79 Å². The molecule has 1 amide bonds. The summed E-state index contributed by atoms with van der Waals surface area (Å²) in [5.41, 5.74) is 5.90. The maximum Gasteiger partial charge on any atom is 0.228 e. The van der Waals surface area contributed by atoms with E-state index < -0.39 is 0 Å². The minimum absolute atomic E-state index is 0.101. The minimum Gasteiger partial charge on any atom is -0.371 e. The molecular formula is C20H21ClN2O. The number of nitrogens with one attached hydrogen (secondary N) is 1. The predicted octanol–water partition coefficient (Wildman–Crippen LogP) is 4.53. The van der Waals surface area contributed by atoms with Gasteiger partial charge in [0.2, 0.25) is 5.91 Å². The highest BCUT2D eigenvalue weighted by Crippen LogP contribution is 2.36. The fraction of sp³-hybridized carbons (Fsp3) is 0.350. The van der Waals surface area contributed by atoms with E-state index in [9.17, 15) is 4.79 Å². The summed E-state index contributed by atoms with van der Waals surface area (Å²) in [6, 6.07) is 12.6. The normalized spacial score (nSPS) is 17.8. The van der Waals surface area contributed by atoms with Gasteiger partial charge in [0.05, 0.1) is 6.42 Å². The summed E-state index contributed by atoms with van der Waals surface area (Å²) < 4.78 is 0. The van der Waals surface area contributed by atoms with Crippen molar-refractivity contribution in [1.82, 2.24) is 0 Å². The van der Waals surface area contributed by atoms with Crippen LogP contribution in [-0.4, -0.2) is 19.0 Å². The third-order valence-electron chi connectivity index (χ3n) is 5.25. The molecule has 124 valence electrons. The zero-order chi connectivity index (χ0) is 16.7. The second kappa shape index (κ2) is 6.14. The van der Waals surface area contributed by atoms with Gasteiger partial charge in [0.25, 0.3) is 0 Å². The van der Waals surface area contributed by atoms with Crippen LogP contribution >= 0.6 is 11.6 Å². The number of aryl methyl sites for hydroxylation is 1. The summed E-state index contributed by atoms with van der Waals surface area (Å²) in [6.45, 7) is 4.12. The quantitative estimate of drug-likeness (QED) is 0.871. The van der Waals surface area contributed by atoms with E-state index in [0.717, 1.165) is 47.8 Å². The molecule has 4 heteroatoms. The van der Waals surface area contributed by atoms with E-state index in [4.69, 9.17) is 11.6 Å². The highest BCUT2D eigenvalue weighted by Gasteiger charge is 2.26. The second-order valence-electron chi connectivity index (χ2n) is 6.80. The van der Waals surface area contributed by atoms with E-state index >= 15 is 0 Å².